The number of nitrogens with zero attached hydrogens (tertiary/aromatic N) is 2. The first-order chi connectivity index (χ1) is 21.1. The van der Waals surface area contributed by atoms with Crippen LogP contribution in [-0.4, -0.2) is 34.1 Å². The summed E-state index contributed by atoms with van der Waals surface area (Å²) in [5.41, 5.74) is -2.20. The minimum atomic E-state index is -2.56. The standard InChI is InChI=1S/C35H36BrN2O6P/c1-34(2,3)43-32(39)37(33(40)44-35(4,5)6)30-23-29(36)25(22-31(30)38(41)42)24-45(26-16-10-7-11-17-26,27-18-12-8-13-19-27)28-20-14-9-15-21-28/h7-24H,1-6H3. The molecule has 0 fully saturated rings. The second kappa shape index (κ2) is 13.4. The Kier molecular flexibility index (Phi) is 10.1. The molecule has 8 nitrogen and oxygen atoms in total. The lowest BCUT2D eigenvalue weighted by Crippen LogP contribution is -2.44. The quantitative estimate of drug-likeness (QED) is 0.115. The lowest BCUT2D eigenvalue weighted by atomic mass is 10.1. The highest BCUT2D eigenvalue weighted by Crippen LogP contribution is 2.46. The molecule has 0 unspecified atom stereocenters. The number of anilines is 1. The van der Waals surface area contributed by atoms with E-state index in [1.165, 1.54) is 12.1 Å². The molecule has 0 radical (unpaired) electrons. The fraction of sp³-hybridized carbons (Fsp3) is 0.229. The van der Waals surface area contributed by atoms with Gasteiger partial charge in [-0.15, -0.1) is 0 Å². The number of carbonyl (C=O) groups excluding carboxylic acids is 2. The lowest BCUT2D eigenvalue weighted by Gasteiger charge is -2.30. The van der Waals surface area contributed by atoms with Crippen LogP contribution >= 0.6 is 22.8 Å². The number of amides is 2. The number of hydrogen-bond acceptors (Lipinski definition) is 6. The summed E-state index contributed by atoms with van der Waals surface area (Å²) < 4.78 is 11.4. The summed E-state index contributed by atoms with van der Waals surface area (Å²) in [6.07, 6.45) is -2.19. The fourth-order valence-electron chi connectivity index (χ4n) is 4.75. The molecule has 0 aliphatic carbocycles. The highest BCUT2D eigenvalue weighted by Gasteiger charge is 2.37. The summed E-state index contributed by atoms with van der Waals surface area (Å²) in [5, 5.41) is 15.8. The Bertz CT molecular complexity index is 1620. The first-order valence-corrected chi connectivity index (χ1v) is 16.9. The van der Waals surface area contributed by atoms with Crippen LogP contribution in [0.4, 0.5) is 21.0 Å². The molecule has 0 aromatic heterocycles. The van der Waals surface area contributed by atoms with Gasteiger partial charge in [0.1, 0.15) is 16.9 Å². The zero-order valence-corrected chi connectivity index (χ0v) is 28.5. The molecule has 0 heterocycles. The van der Waals surface area contributed by atoms with Crippen LogP contribution in [0.3, 0.4) is 0 Å². The van der Waals surface area contributed by atoms with Crippen molar-refractivity contribution in [2.45, 2.75) is 52.7 Å². The SMILES string of the molecule is CC(C)(C)OC(=O)N(C(=O)OC(C)(C)C)c1cc(Br)c(C=P(c2ccccc2)(c2ccccc2)c2ccccc2)cc1[N+](=O)[O-]. The number of nitro benzene ring substituents is 1. The van der Waals surface area contributed by atoms with Crippen molar-refractivity contribution >= 4 is 68.1 Å². The zero-order chi connectivity index (χ0) is 33.0. The first-order valence-electron chi connectivity index (χ1n) is 14.3. The van der Waals surface area contributed by atoms with Crippen LogP contribution in [-0.2, 0) is 9.47 Å². The maximum absolute atomic E-state index is 13.4. The molecule has 0 N–H and O–H groups in total. The van der Waals surface area contributed by atoms with E-state index in [0.29, 0.717) is 14.9 Å². The van der Waals surface area contributed by atoms with E-state index in [2.05, 4.69) is 58.1 Å². The van der Waals surface area contributed by atoms with Gasteiger partial charge in [0, 0.05) is 10.5 Å². The number of hydrogen-bond donors (Lipinski definition) is 0. The molecule has 10 heteroatoms. The Morgan fingerprint density at radius 2 is 1.11 bits per heavy atom. The molecule has 0 aliphatic rings. The molecule has 0 atom stereocenters. The van der Waals surface area contributed by atoms with Crippen molar-refractivity contribution in [3.8, 4) is 0 Å². The van der Waals surface area contributed by atoms with Crippen molar-refractivity contribution in [1.82, 2.24) is 0 Å². The summed E-state index contributed by atoms with van der Waals surface area (Å²) in [7, 11) is 0. The van der Waals surface area contributed by atoms with Gasteiger partial charge >= 0.3 is 12.2 Å². The van der Waals surface area contributed by atoms with Crippen molar-refractivity contribution < 1.29 is 24.0 Å². The van der Waals surface area contributed by atoms with E-state index in [1.807, 2.05) is 54.6 Å². The first kappa shape index (κ1) is 33.7. The van der Waals surface area contributed by atoms with Crippen LogP contribution in [0.25, 0.3) is 0 Å². The van der Waals surface area contributed by atoms with E-state index >= 15 is 0 Å². The monoisotopic (exact) mass is 690 g/mol. The van der Waals surface area contributed by atoms with Gasteiger partial charge in [-0.05, 0) is 81.8 Å². The molecule has 0 saturated carbocycles. The van der Waals surface area contributed by atoms with Gasteiger partial charge in [0.05, 0.1) is 4.92 Å². The third-order valence-corrected chi connectivity index (χ3v) is 11.2. The Hall–Kier alpha value is -4.20. The zero-order valence-electron chi connectivity index (χ0n) is 26.1. The van der Waals surface area contributed by atoms with Crippen LogP contribution in [0.1, 0.15) is 47.1 Å². The number of benzene rings is 4. The number of ether oxygens (including phenoxy) is 2. The summed E-state index contributed by atoms with van der Waals surface area (Å²) in [4.78, 5) is 39.4. The van der Waals surface area contributed by atoms with Crippen molar-refractivity contribution in [3.63, 3.8) is 0 Å². The minimum Gasteiger partial charge on any atom is -0.443 e. The van der Waals surface area contributed by atoms with Crippen LogP contribution in [0.5, 0.6) is 0 Å². The highest BCUT2D eigenvalue weighted by molar-refractivity contribution is 9.10. The normalized spacial score (nSPS) is 11.8. The number of nitro groups is 1. The fourth-order valence-corrected chi connectivity index (χ4v) is 9.27. The van der Waals surface area contributed by atoms with Gasteiger partial charge in [-0.25, -0.2) is 9.59 Å². The second-order valence-corrected chi connectivity index (χ2v) is 16.4. The van der Waals surface area contributed by atoms with Gasteiger partial charge in [0.25, 0.3) is 5.69 Å². The van der Waals surface area contributed by atoms with Crippen LogP contribution < -0.4 is 20.8 Å². The molecule has 4 rings (SSSR count). The Labute approximate surface area is 272 Å². The third-order valence-electron chi connectivity index (χ3n) is 6.51. The van der Waals surface area contributed by atoms with Crippen LogP contribution in [0.15, 0.2) is 108 Å². The maximum Gasteiger partial charge on any atom is 0.424 e. The number of imide groups is 1. The van der Waals surface area contributed by atoms with Gasteiger partial charge in [0.15, 0.2) is 0 Å². The molecule has 0 spiro atoms. The Balaban J connectivity index is 2.06. The summed E-state index contributed by atoms with van der Waals surface area (Å²) in [6, 6.07) is 32.9. The highest BCUT2D eigenvalue weighted by atomic mass is 79.9. The van der Waals surface area contributed by atoms with Crippen molar-refractivity contribution in [1.29, 1.82) is 0 Å². The van der Waals surface area contributed by atoms with E-state index in [4.69, 9.17) is 9.47 Å². The Morgan fingerprint density at radius 1 is 0.733 bits per heavy atom. The van der Waals surface area contributed by atoms with E-state index < -0.39 is 40.9 Å². The predicted molar refractivity (Wildman–Crippen MR) is 186 cm³/mol. The molecular weight excluding hydrogens is 655 g/mol. The molecule has 4 aromatic carbocycles. The maximum atomic E-state index is 13.4. The number of rotatable bonds is 6. The van der Waals surface area contributed by atoms with E-state index in [9.17, 15) is 19.7 Å². The topological polar surface area (TPSA) is 99.0 Å². The van der Waals surface area contributed by atoms with Crippen LogP contribution in [0.2, 0.25) is 0 Å². The van der Waals surface area contributed by atoms with E-state index in [-0.39, 0.29) is 5.69 Å². The largest absolute Gasteiger partial charge is 0.443 e. The lowest BCUT2D eigenvalue weighted by molar-refractivity contribution is -0.384. The number of halogens is 1. The van der Waals surface area contributed by atoms with Crippen molar-refractivity contribution in [3.05, 3.63) is 123 Å². The van der Waals surface area contributed by atoms with E-state index in [1.54, 1.807) is 41.5 Å². The molecule has 45 heavy (non-hydrogen) atoms. The molecule has 0 aliphatic heterocycles. The van der Waals surface area contributed by atoms with Crippen molar-refractivity contribution in [2.24, 2.45) is 0 Å². The Morgan fingerprint density at radius 3 is 1.44 bits per heavy atom. The van der Waals surface area contributed by atoms with Gasteiger partial charge in [-0.3, -0.25) is 10.1 Å². The summed E-state index contributed by atoms with van der Waals surface area (Å²) >= 11 is 3.62. The molecule has 0 saturated heterocycles. The average molecular weight is 692 g/mol. The summed E-state index contributed by atoms with van der Waals surface area (Å²) in [5.74, 6) is 2.07. The predicted octanol–water partition coefficient (Wildman–Crippen LogP) is 8.18. The molecule has 4 aromatic rings. The summed E-state index contributed by atoms with van der Waals surface area (Å²) in [6.45, 7) is 7.28. The molecule has 0 bridgehead atoms. The molecule has 234 valence electrons. The third kappa shape index (κ3) is 7.91. The van der Waals surface area contributed by atoms with Gasteiger partial charge < -0.3 is 9.47 Å². The van der Waals surface area contributed by atoms with Crippen LogP contribution in [0, 0.1) is 10.1 Å². The molecular formula is C35H36BrN2O6P. The van der Waals surface area contributed by atoms with Gasteiger partial charge in [-0.1, -0.05) is 107 Å². The second-order valence-electron chi connectivity index (χ2n) is 12.3. The van der Waals surface area contributed by atoms with Gasteiger partial charge in [0.2, 0.25) is 0 Å². The van der Waals surface area contributed by atoms with E-state index in [0.717, 1.165) is 15.9 Å². The smallest absolute Gasteiger partial charge is 0.424 e. The number of carbonyl (C=O) groups is 2. The molecule has 2 amide bonds. The minimum absolute atomic E-state index is 0.282. The van der Waals surface area contributed by atoms with Gasteiger partial charge in [-0.2, -0.15) is 4.90 Å². The van der Waals surface area contributed by atoms with Crippen molar-refractivity contribution in [2.75, 3.05) is 4.90 Å². The average Bonchev–Trinajstić information content (AvgIpc) is 2.96.